The number of amides is 1. The number of β-lactam (4-membered cyclic amide) rings is 1. The van der Waals surface area contributed by atoms with Crippen LogP contribution in [0, 0.1) is 22.5 Å². The molecule has 2 atom stereocenters. The molecule has 34 heavy (non-hydrogen) atoms. The number of thioether (sulfide) groups is 1. The highest BCUT2D eigenvalue weighted by Gasteiger charge is 2.66. The lowest BCUT2D eigenvalue weighted by atomic mass is 9.87. The van der Waals surface area contributed by atoms with Crippen molar-refractivity contribution in [1.82, 2.24) is 9.47 Å². The minimum atomic E-state index is -0.646. The fourth-order valence-corrected chi connectivity index (χ4v) is 6.45. The number of non-ortho nitro benzene ring substituents is 1. The van der Waals surface area contributed by atoms with Crippen molar-refractivity contribution in [3.63, 3.8) is 0 Å². The summed E-state index contributed by atoms with van der Waals surface area (Å²) in [5.74, 6) is 0.672. The third-order valence-corrected chi connectivity index (χ3v) is 8.06. The van der Waals surface area contributed by atoms with Gasteiger partial charge in [-0.25, -0.2) is 0 Å². The maximum atomic E-state index is 13.4. The predicted molar refractivity (Wildman–Crippen MR) is 132 cm³/mol. The SMILES string of the molecule is CSC12c3cc(C)n(-c4ccc([N+](=O)[O-])cc4)c3CC(C)(C)CN1C(=O)C2Oc1ccccc1. The first-order valence-corrected chi connectivity index (χ1v) is 12.5. The summed E-state index contributed by atoms with van der Waals surface area (Å²) < 4.78 is 8.48. The van der Waals surface area contributed by atoms with Crippen LogP contribution in [0.5, 0.6) is 5.75 Å². The van der Waals surface area contributed by atoms with Crippen LogP contribution in [0.1, 0.15) is 30.8 Å². The number of nitro benzene ring substituents is 1. The highest BCUT2D eigenvalue weighted by atomic mass is 32.2. The maximum Gasteiger partial charge on any atom is 0.269 e. The zero-order valence-electron chi connectivity index (χ0n) is 19.6. The van der Waals surface area contributed by atoms with Gasteiger partial charge in [-0.2, -0.15) is 0 Å². The van der Waals surface area contributed by atoms with Crippen molar-refractivity contribution in [3.05, 3.63) is 87.7 Å². The maximum absolute atomic E-state index is 13.4. The molecule has 3 aromatic rings. The highest BCUT2D eigenvalue weighted by Crippen LogP contribution is 2.56. The van der Waals surface area contributed by atoms with Crippen LogP contribution in [0.15, 0.2) is 60.7 Å². The normalized spacial score (nSPS) is 22.9. The van der Waals surface area contributed by atoms with E-state index in [1.807, 2.05) is 48.4 Å². The Labute approximate surface area is 202 Å². The summed E-state index contributed by atoms with van der Waals surface area (Å²) in [6.45, 7) is 7.01. The molecule has 0 N–H and O–H groups in total. The van der Waals surface area contributed by atoms with E-state index in [0.717, 1.165) is 29.1 Å². The number of benzene rings is 2. The lowest BCUT2D eigenvalue weighted by Crippen LogP contribution is -2.72. The number of rotatable bonds is 5. The molecule has 1 amide bonds. The Morgan fingerprint density at radius 2 is 1.79 bits per heavy atom. The lowest BCUT2D eigenvalue weighted by molar-refractivity contribution is -0.384. The minimum absolute atomic E-state index is 0.000123. The number of nitro groups is 1. The topological polar surface area (TPSA) is 77.6 Å². The molecule has 0 saturated carbocycles. The van der Waals surface area contributed by atoms with Crippen molar-refractivity contribution in [2.45, 2.75) is 38.2 Å². The Balaban J connectivity index is 1.67. The number of carbonyl (C=O) groups is 1. The molecular weight excluding hydrogens is 450 g/mol. The Morgan fingerprint density at radius 3 is 2.41 bits per heavy atom. The Bertz CT molecular complexity index is 1270. The van der Waals surface area contributed by atoms with Gasteiger partial charge in [-0.15, -0.1) is 11.8 Å². The zero-order chi connectivity index (χ0) is 24.3. The van der Waals surface area contributed by atoms with Gasteiger partial charge in [0, 0.05) is 41.3 Å². The number of fused-ring (bicyclic) bond motifs is 3. The summed E-state index contributed by atoms with van der Waals surface area (Å²) in [7, 11) is 0. The molecule has 0 aliphatic carbocycles. The standard InChI is InChI=1S/C26H27N3O4S/c1-17-14-21-22(28(17)18-10-12-19(13-11-18)29(31)32)15-25(2,3)16-27-24(30)23(26(21,27)34-4)33-20-8-6-5-7-9-20/h5-14,23H,15-16H2,1-4H3. The molecule has 1 fully saturated rings. The summed E-state index contributed by atoms with van der Waals surface area (Å²) in [5.41, 5.74) is 3.97. The van der Waals surface area contributed by atoms with E-state index in [1.165, 1.54) is 12.1 Å². The van der Waals surface area contributed by atoms with Crippen molar-refractivity contribution in [1.29, 1.82) is 0 Å². The van der Waals surface area contributed by atoms with Crippen molar-refractivity contribution >= 4 is 23.4 Å². The monoisotopic (exact) mass is 477 g/mol. The quantitative estimate of drug-likeness (QED) is 0.291. The van der Waals surface area contributed by atoms with Crippen molar-refractivity contribution in [2.75, 3.05) is 12.8 Å². The number of carbonyl (C=O) groups excluding carboxylic acids is 1. The van der Waals surface area contributed by atoms with Crippen molar-refractivity contribution < 1.29 is 14.5 Å². The first kappa shape index (κ1) is 22.5. The van der Waals surface area contributed by atoms with Crippen LogP contribution in [0.2, 0.25) is 0 Å². The molecular formula is C26H27N3O4S. The van der Waals surface area contributed by atoms with Gasteiger partial charge in [0.15, 0.2) is 4.87 Å². The van der Waals surface area contributed by atoms with E-state index < -0.39 is 11.0 Å². The number of hydrogen-bond acceptors (Lipinski definition) is 5. The number of hydrogen-bond donors (Lipinski definition) is 0. The van der Waals surface area contributed by atoms with Crippen LogP contribution in [-0.4, -0.2) is 39.2 Å². The van der Waals surface area contributed by atoms with E-state index in [0.29, 0.717) is 12.3 Å². The minimum Gasteiger partial charge on any atom is -0.477 e. The zero-order valence-corrected chi connectivity index (χ0v) is 20.5. The van der Waals surface area contributed by atoms with Crippen LogP contribution in [0.4, 0.5) is 5.69 Å². The van der Waals surface area contributed by atoms with Crippen LogP contribution in [-0.2, 0) is 16.1 Å². The molecule has 2 unspecified atom stereocenters. The predicted octanol–water partition coefficient (Wildman–Crippen LogP) is 5.08. The Kier molecular flexibility index (Phi) is 5.24. The lowest BCUT2D eigenvalue weighted by Gasteiger charge is -2.56. The van der Waals surface area contributed by atoms with E-state index in [1.54, 1.807) is 23.9 Å². The highest BCUT2D eigenvalue weighted by molar-refractivity contribution is 7.99. The molecule has 176 valence electrons. The van der Waals surface area contributed by atoms with Crippen LogP contribution >= 0.6 is 11.8 Å². The molecule has 3 heterocycles. The fourth-order valence-electron chi connectivity index (χ4n) is 5.32. The van der Waals surface area contributed by atoms with Gasteiger partial charge in [-0.1, -0.05) is 32.0 Å². The van der Waals surface area contributed by atoms with E-state index in [2.05, 4.69) is 24.5 Å². The molecule has 0 spiro atoms. The summed E-state index contributed by atoms with van der Waals surface area (Å²) in [4.78, 5) is 25.5. The number of para-hydroxylation sites is 1. The summed E-state index contributed by atoms with van der Waals surface area (Å²) in [6.07, 6.45) is 2.16. The van der Waals surface area contributed by atoms with E-state index in [9.17, 15) is 14.9 Å². The smallest absolute Gasteiger partial charge is 0.269 e. The molecule has 2 aliphatic heterocycles. The molecule has 1 saturated heterocycles. The molecule has 5 rings (SSSR count). The molecule has 0 radical (unpaired) electrons. The van der Waals surface area contributed by atoms with Crippen LogP contribution < -0.4 is 4.74 Å². The average molecular weight is 478 g/mol. The second-order valence-electron chi connectivity index (χ2n) is 9.73. The second kappa shape index (κ2) is 7.91. The number of ether oxygens (including phenoxy) is 1. The molecule has 1 aromatic heterocycles. The summed E-state index contributed by atoms with van der Waals surface area (Å²) in [6, 6.07) is 18.3. The molecule has 0 bridgehead atoms. The van der Waals surface area contributed by atoms with Gasteiger partial charge in [0.1, 0.15) is 5.75 Å². The van der Waals surface area contributed by atoms with E-state index in [4.69, 9.17) is 4.74 Å². The van der Waals surface area contributed by atoms with Gasteiger partial charge in [0.2, 0.25) is 6.10 Å². The van der Waals surface area contributed by atoms with Crippen LogP contribution in [0.3, 0.4) is 0 Å². The van der Waals surface area contributed by atoms with Crippen LogP contribution in [0.25, 0.3) is 5.69 Å². The van der Waals surface area contributed by atoms with Crippen molar-refractivity contribution in [3.8, 4) is 11.4 Å². The molecule has 8 heteroatoms. The molecule has 2 aromatic carbocycles. The number of aromatic nitrogens is 1. The first-order chi connectivity index (χ1) is 16.2. The fraction of sp³-hybridized carbons (Fsp3) is 0.346. The van der Waals surface area contributed by atoms with Gasteiger partial charge in [0.25, 0.3) is 11.6 Å². The van der Waals surface area contributed by atoms with Gasteiger partial charge in [-0.05, 0) is 55.3 Å². The second-order valence-corrected chi connectivity index (χ2v) is 10.8. The number of nitrogens with zero attached hydrogens (tertiary/aromatic N) is 3. The van der Waals surface area contributed by atoms with E-state index >= 15 is 0 Å². The van der Waals surface area contributed by atoms with Crippen molar-refractivity contribution in [2.24, 2.45) is 5.41 Å². The first-order valence-electron chi connectivity index (χ1n) is 11.2. The summed E-state index contributed by atoms with van der Waals surface area (Å²) >= 11 is 1.63. The average Bonchev–Trinajstić information content (AvgIpc) is 3.09. The van der Waals surface area contributed by atoms with Gasteiger partial charge in [0.05, 0.1) is 4.92 Å². The molecule has 7 nitrogen and oxygen atoms in total. The van der Waals surface area contributed by atoms with E-state index in [-0.39, 0.29) is 21.9 Å². The largest absolute Gasteiger partial charge is 0.477 e. The number of aryl methyl sites for hydroxylation is 1. The summed E-state index contributed by atoms with van der Waals surface area (Å²) in [5, 5.41) is 11.2. The van der Waals surface area contributed by atoms with Gasteiger partial charge in [-0.3, -0.25) is 14.9 Å². The van der Waals surface area contributed by atoms with Gasteiger partial charge >= 0.3 is 0 Å². The molecule has 2 aliphatic rings. The third kappa shape index (κ3) is 3.31. The third-order valence-electron chi connectivity index (χ3n) is 6.78. The van der Waals surface area contributed by atoms with Gasteiger partial charge < -0.3 is 14.2 Å². The Hall–Kier alpha value is -3.26. The Morgan fingerprint density at radius 1 is 1.12 bits per heavy atom.